The molecule has 0 radical (unpaired) electrons. The quantitative estimate of drug-likeness (QED) is 0.637. The Kier molecular flexibility index (Phi) is 5.59. The molecule has 0 bridgehead atoms. The average Bonchev–Trinajstić information content (AvgIpc) is 3.07. The molecule has 5 nitrogen and oxygen atoms in total. The molecule has 2 heterocycles. The van der Waals surface area contributed by atoms with Crippen LogP contribution in [-0.4, -0.2) is 21.6 Å². The summed E-state index contributed by atoms with van der Waals surface area (Å²) in [5.74, 6) is 0.565. The molecule has 6 heteroatoms. The Morgan fingerprint density at radius 2 is 2.15 bits per heavy atom. The number of rotatable bonds is 6. The number of nitriles is 1. The number of hydrogen-bond donors (Lipinski definition) is 2. The van der Waals surface area contributed by atoms with Crippen molar-refractivity contribution >= 4 is 34.3 Å². The first kappa shape index (κ1) is 18.0. The molecule has 0 unspecified atom stereocenters. The number of pyridine rings is 1. The monoisotopic (exact) mass is 364 g/mol. The highest BCUT2D eigenvalue weighted by atomic mass is 32.2. The third kappa shape index (κ3) is 4.44. The first-order valence-corrected chi connectivity index (χ1v) is 9.43. The fourth-order valence-corrected chi connectivity index (χ4v) is 3.45. The van der Waals surface area contributed by atoms with Gasteiger partial charge in [-0.2, -0.15) is 5.26 Å². The van der Waals surface area contributed by atoms with Gasteiger partial charge in [-0.3, -0.25) is 4.79 Å². The predicted molar refractivity (Wildman–Crippen MR) is 105 cm³/mol. The zero-order valence-corrected chi connectivity index (χ0v) is 15.6. The van der Waals surface area contributed by atoms with E-state index in [1.807, 2.05) is 36.5 Å². The summed E-state index contributed by atoms with van der Waals surface area (Å²) in [7, 11) is 0. The van der Waals surface area contributed by atoms with Crippen LogP contribution in [0, 0.1) is 17.2 Å². The molecule has 26 heavy (non-hydrogen) atoms. The maximum Gasteiger partial charge on any atom is 0.234 e. The molecule has 0 atom stereocenters. The number of aromatic nitrogens is 2. The van der Waals surface area contributed by atoms with Crippen LogP contribution in [-0.2, 0) is 11.2 Å². The number of anilines is 1. The fourth-order valence-electron chi connectivity index (χ4n) is 2.66. The fraction of sp³-hybridized carbons (Fsp3) is 0.250. The minimum Gasteiger partial charge on any atom is -0.361 e. The van der Waals surface area contributed by atoms with E-state index in [4.69, 9.17) is 0 Å². The molecule has 0 saturated carbocycles. The molecule has 0 aliphatic carbocycles. The third-order valence-corrected chi connectivity index (χ3v) is 4.83. The molecule has 1 amide bonds. The molecule has 0 aliphatic rings. The van der Waals surface area contributed by atoms with Crippen molar-refractivity contribution in [1.29, 1.82) is 5.26 Å². The van der Waals surface area contributed by atoms with Gasteiger partial charge < -0.3 is 10.3 Å². The van der Waals surface area contributed by atoms with Gasteiger partial charge in [-0.25, -0.2) is 4.98 Å². The second-order valence-corrected chi connectivity index (χ2v) is 7.45. The largest absolute Gasteiger partial charge is 0.361 e. The van der Waals surface area contributed by atoms with Crippen molar-refractivity contribution in [3.63, 3.8) is 0 Å². The lowest BCUT2D eigenvalue weighted by atomic mass is 10.1. The van der Waals surface area contributed by atoms with Gasteiger partial charge in [-0.15, -0.1) is 0 Å². The lowest BCUT2D eigenvalue weighted by molar-refractivity contribution is -0.113. The Morgan fingerprint density at radius 3 is 2.92 bits per heavy atom. The average molecular weight is 364 g/mol. The van der Waals surface area contributed by atoms with E-state index in [9.17, 15) is 10.1 Å². The summed E-state index contributed by atoms with van der Waals surface area (Å²) in [6.45, 7) is 4.25. The number of benzene rings is 1. The topological polar surface area (TPSA) is 81.6 Å². The maximum absolute atomic E-state index is 12.3. The molecule has 3 rings (SSSR count). The van der Waals surface area contributed by atoms with Crippen molar-refractivity contribution in [2.45, 2.75) is 25.3 Å². The van der Waals surface area contributed by atoms with Crippen molar-refractivity contribution in [2.24, 2.45) is 5.92 Å². The summed E-state index contributed by atoms with van der Waals surface area (Å²) in [6, 6.07) is 13.5. The number of aromatic amines is 1. The van der Waals surface area contributed by atoms with Crippen molar-refractivity contribution < 1.29 is 4.79 Å². The van der Waals surface area contributed by atoms with E-state index in [2.05, 4.69) is 35.2 Å². The van der Waals surface area contributed by atoms with E-state index in [1.54, 1.807) is 6.07 Å². The number of fused-ring (bicyclic) bond motifs is 1. The molecule has 2 N–H and O–H groups in total. The van der Waals surface area contributed by atoms with Gasteiger partial charge in [0.15, 0.2) is 0 Å². The van der Waals surface area contributed by atoms with Gasteiger partial charge in [-0.1, -0.05) is 31.7 Å². The number of amides is 1. The van der Waals surface area contributed by atoms with Gasteiger partial charge in [-0.05, 0) is 48.1 Å². The second-order valence-electron chi connectivity index (χ2n) is 6.48. The van der Waals surface area contributed by atoms with Crippen molar-refractivity contribution in [3.8, 4) is 6.07 Å². The first-order chi connectivity index (χ1) is 12.5. The predicted octanol–water partition coefficient (Wildman–Crippen LogP) is 4.36. The molecule has 2 aromatic heterocycles. The Labute approximate surface area is 156 Å². The van der Waals surface area contributed by atoms with E-state index in [0.29, 0.717) is 16.5 Å². The van der Waals surface area contributed by atoms with E-state index < -0.39 is 0 Å². The SMILES string of the molecule is CC(C)Cc1ccc(C#N)c(SCC(=O)Nc2ccc3cc[nH]c3c2)n1. The summed E-state index contributed by atoms with van der Waals surface area (Å²) in [5.41, 5.74) is 3.17. The minimum atomic E-state index is -0.124. The van der Waals surface area contributed by atoms with Crippen LogP contribution >= 0.6 is 11.8 Å². The van der Waals surface area contributed by atoms with Crippen LogP contribution in [0.3, 0.4) is 0 Å². The number of nitrogens with one attached hydrogen (secondary N) is 2. The van der Waals surface area contributed by atoms with Crippen LogP contribution in [0.1, 0.15) is 25.1 Å². The Morgan fingerprint density at radius 1 is 1.31 bits per heavy atom. The highest BCUT2D eigenvalue weighted by Crippen LogP contribution is 2.23. The summed E-state index contributed by atoms with van der Waals surface area (Å²) in [6.07, 6.45) is 2.72. The van der Waals surface area contributed by atoms with Crippen LogP contribution < -0.4 is 5.32 Å². The van der Waals surface area contributed by atoms with Gasteiger partial charge in [0.1, 0.15) is 11.1 Å². The van der Waals surface area contributed by atoms with Crippen LogP contribution in [0.15, 0.2) is 47.6 Å². The highest BCUT2D eigenvalue weighted by molar-refractivity contribution is 8.00. The van der Waals surface area contributed by atoms with Crippen LogP contribution in [0.2, 0.25) is 0 Å². The summed E-state index contributed by atoms with van der Waals surface area (Å²) in [4.78, 5) is 19.9. The standard InChI is InChI=1S/C20H20N4OS/c1-13(2)9-16-6-4-15(11-21)20(24-16)26-12-19(25)23-17-5-3-14-7-8-22-18(14)10-17/h3-8,10,13,22H,9,12H2,1-2H3,(H,23,25). The molecular formula is C20H20N4OS. The summed E-state index contributed by atoms with van der Waals surface area (Å²) < 4.78 is 0. The van der Waals surface area contributed by atoms with Gasteiger partial charge >= 0.3 is 0 Å². The number of carbonyl (C=O) groups is 1. The lowest BCUT2D eigenvalue weighted by Gasteiger charge is -2.09. The number of H-pyrrole nitrogens is 1. The maximum atomic E-state index is 12.3. The van der Waals surface area contributed by atoms with Gasteiger partial charge in [0.05, 0.1) is 11.3 Å². The molecule has 0 saturated heterocycles. The molecule has 3 aromatic rings. The molecule has 0 fully saturated rings. The molecule has 132 valence electrons. The van der Waals surface area contributed by atoms with E-state index in [-0.39, 0.29) is 11.7 Å². The molecule has 0 spiro atoms. The lowest BCUT2D eigenvalue weighted by Crippen LogP contribution is -2.14. The molecular weight excluding hydrogens is 344 g/mol. The minimum absolute atomic E-state index is 0.124. The van der Waals surface area contributed by atoms with Gasteiger partial charge in [0, 0.05) is 23.1 Å². The van der Waals surface area contributed by atoms with Crippen molar-refractivity contribution in [1.82, 2.24) is 9.97 Å². The smallest absolute Gasteiger partial charge is 0.234 e. The van der Waals surface area contributed by atoms with E-state index in [1.165, 1.54) is 11.8 Å². The zero-order chi connectivity index (χ0) is 18.5. The molecule has 1 aromatic carbocycles. The number of thioether (sulfide) groups is 1. The number of hydrogen-bond acceptors (Lipinski definition) is 4. The summed E-state index contributed by atoms with van der Waals surface area (Å²) in [5, 5.41) is 13.9. The molecule has 0 aliphatic heterocycles. The normalized spacial score (nSPS) is 10.8. The second kappa shape index (κ2) is 8.07. The third-order valence-electron chi connectivity index (χ3n) is 3.83. The van der Waals surface area contributed by atoms with E-state index in [0.717, 1.165) is 28.7 Å². The van der Waals surface area contributed by atoms with Crippen molar-refractivity contribution in [2.75, 3.05) is 11.1 Å². The van der Waals surface area contributed by atoms with Gasteiger partial charge in [0.25, 0.3) is 0 Å². The number of nitrogens with zero attached hydrogens (tertiary/aromatic N) is 2. The number of carbonyl (C=O) groups excluding carboxylic acids is 1. The highest BCUT2D eigenvalue weighted by Gasteiger charge is 2.11. The van der Waals surface area contributed by atoms with E-state index >= 15 is 0 Å². The van der Waals surface area contributed by atoms with Crippen LogP contribution in [0.5, 0.6) is 0 Å². The Hall–Kier alpha value is -2.78. The Bertz CT molecular complexity index is 971. The van der Waals surface area contributed by atoms with Crippen molar-refractivity contribution in [3.05, 3.63) is 53.9 Å². The van der Waals surface area contributed by atoms with Crippen LogP contribution in [0.25, 0.3) is 10.9 Å². The van der Waals surface area contributed by atoms with Gasteiger partial charge in [0.2, 0.25) is 5.91 Å². The Balaban J connectivity index is 1.65. The summed E-state index contributed by atoms with van der Waals surface area (Å²) >= 11 is 1.29. The van der Waals surface area contributed by atoms with Crippen LogP contribution in [0.4, 0.5) is 5.69 Å². The first-order valence-electron chi connectivity index (χ1n) is 8.45. The zero-order valence-electron chi connectivity index (χ0n) is 14.7.